The van der Waals surface area contributed by atoms with Crippen molar-refractivity contribution < 1.29 is 19.1 Å². The molecule has 1 N–H and O–H groups in total. The molecule has 3 aromatic carbocycles. The van der Waals surface area contributed by atoms with E-state index in [1.54, 1.807) is 18.2 Å². The van der Waals surface area contributed by atoms with E-state index in [0.29, 0.717) is 11.6 Å². The molecule has 138 valence electrons. The third-order valence-corrected chi connectivity index (χ3v) is 4.17. The highest BCUT2D eigenvalue weighted by Crippen LogP contribution is 2.25. The number of nitrogens with zero attached hydrogens (tertiary/aromatic N) is 1. The van der Waals surface area contributed by atoms with E-state index in [1.807, 2.05) is 54.6 Å². The SMILES string of the molecule is O=C(O)COc1ccc(/C=C/c2nc3cc(-c4ccccc4)ccc3o2)cc1. The van der Waals surface area contributed by atoms with Gasteiger partial charge in [-0.05, 0) is 47.0 Å². The lowest BCUT2D eigenvalue weighted by molar-refractivity contribution is -0.139. The molecule has 0 unspecified atom stereocenters. The minimum atomic E-state index is -1.00. The standard InChI is InChI=1S/C23H17NO4/c25-23(26)15-27-19-10-6-16(7-11-19)8-13-22-24-20-14-18(9-12-21(20)28-22)17-4-2-1-3-5-17/h1-14H,15H2,(H,25,26)/b13-8+. The number of ether oxygens (including phenoxy) is 1. The van der Waals surface area contributed by atoms with Crippen LogP contribution in [0.2, 0.25) is 0 Å². The Bertz CT molecular complexity index is 1130. The number of fused-ring (bicyclic) bond motifs is 1. The van der Waals surface area contributed by atoms with Crippen molar-refractivity contribution in [3.63, 3.8) is 0 Å². The van der Waals surface area contributed by atoms with Crippen molar-refractivity contribution in [2.75, 3.05) is 6.61 Å². The Morgan fingerprint density at radius 3 is 2.50 bits per heavy atom. The Morgan fingerprint density at radius 1 is 0.964 bits per heavy atom. The molecule has 0 aliphatic rings. The predicted octanol–water partition coefficient (Wildman–Crippen LogP) is 5.13. The first-order chi connectivity index (χ1) is 13.7. The molecule has 0 atom stereocenters. The fourth-order valence-electron chi connectivity index (χ4n) is 2.81. The molecule has 0 saturated carbocycles. The Labute approximate surface area is 161 Å². The first-order valence-electron chi connectivity index (χ1n) is 8.76. The van der Waals surface area contributed by atoms with Crippen LogP contribution in [0.4, 0.5) is 0 Å². The third kappa shape index (κ3) is 4.10. The fourth-order valence-corrected chi connectivity index (χ4v) is 2.81. The van der Waals surface area contributed by atoms with Gasteiger partial charge in [-0.25, -0.2) is 9.78 Å². The molecular formula is C23H17NO4. The van der Waals surface area contributed by atoms with E-state index in [1.165, 1.54) is 0 Å². The van der Waals surface area contributed by atoms with Gasteiger partial charge in [-0.1, -0.05) is 48.5 Å². The quantitative estimate of drug-likeness (QED) is 0.509. The Kier molecular flexibility index (Phi) is 4.89. The zero-order valence-corrected chi connectivity index (χ0v) is 14.9. The van der Waals surface area contributed by atoms with Gasteiger partial charge in [-0.15, -0.1) is 0 Å². The van der Waals surface area contributed by atoms with Gasteiger partial charge in [-0.3, -0.25) is 0 Å². The van der Waals surface area contributed by atoms with Gasteiger partial charge in [0.2, 0.25) is 5.89 Å². The summed E-state index contributed by atoms with van der Waals surface area (Å²) in [4.78, 5) is 15.1. The molecule has 4 rings (SSSR count). The second-order valence-electron chi connectivity index (χ2n) is 6.19. The second-order valence-corrected chi connectivity index (χ2v) is 6.19. The van der Waals surface area contributed by atoms with Crippen molar-refractivity contribution in [1.29, 1.82) is 0 Å². The van der Waals surface area contributed by atoms with Crippen LogP contribution in [0.25, 0.3) is 34.4 Å². The summed E-state index contributed by atoms with van der Waals surface area (Å²) in [5, 5.41) is 8.63. The van der Waals surface area contributed by atoms with Gasteiger partial charge >= 0.3 is 5.97 Å². The first-order valence-corrected chi connectivity index (χ1v) is 8.76. The minimum Gasteiger partial charge on any atom is -0.482 e. The van der Waals surface area contributed by atoms with Crippen LogP contribution >= 0.6 is 0 Å². The lowest BCUT2D eigenvalue weighted by Crippen LogP contribution is -2.09. The molecule has 5 heteroatoms. The van der Waals surface area contributed by atoms with E-state index in [4.69, 9.17) is 14.3 Å². The van der Waals surface area contributed by atoms with Crippen LogP contribution in [0.5, 0.6) is 5.75 Å². The summed E-state index contributed by atoms with van der Waals surface area (Å²) >= 11 is 0. The summed E-state index contributed by atoms with van der Waals surface area (Å²) in [7, 11) is 0. The number of rotatable bonds is 6. The molecule has 0 radical (unpaired) electrons. The van der Waals surface area contributed by atoms with Gasteiger partial charge in [-0.2, -0.15) is 0 Å². The van der Waals surface area contributed by atoms with Crippen LogP contribution < -0.4 is 4.74 Å². The maximum atomic E-state index is 10.5. The molecule has 0 bridgehead atoms. The lowest BCUT2D eigenvalue weighted by Gasteiger charge is -2.02. The number of benzene rings is 3. The third-order valence-electron chi connectivity index (χ3n) is 4.17. The molecule has 0 aliphatic carbocycles. The average molecular weight is 371 g/mol. The number of carboxylic acids is 1. The van der Waals surface area contributed by atoms with Gasteiger partial charge in [0, 0.05) is 6.08 Å². The van der Waals surface area contributed by atoms with Crippen molar-refractivity contribution in [2.24, 2.45) is 0 Å². The number of carbonyl (C=O) groups is 1. The molecular weight excluding hydrogens is 354 g/mol. The van der Waals surface area contributed by atoms with Gasteiger partial charge in [0.1, 0.15) is 11.3 Å². The van der Waals surface area contributed by atoms with Crippen LogP contribution in [0, 0.1) is 0 Å². The molecule has 1 aromatic heterocycles. The van der Waals surface area contributed by atoms with E-state index in [-0.39, 0.29) is 6.61 Å². The summed E-state index contributed by atoms with van der Waals surface area (Å²) in [6.07, 6.45) is 3.68. The molecule has 0 fully saturated rings. The van der Waals surface area contributed by atoms with Gasteiger partial charge in [0.05, 0.1) is 0 Å². The van der Waals surface area contributed by atoms with Crippen LogP contribution in [-0.2, 0) is 4.79 Å². The molecule has 28 heavy (non-hydrogen) atoms. The zero-order valence-electron chi connectivity index (χ0n) is 14.9. The highest BCUT2D eigenvalue weighted by atomic mass is 16.5. The molecule has 5 nitrogen and oxygen atoms in total. The number of oxazole rings is 1. The van der Waals surface area contributed by atoms with Crippen LogP contribution in [0.3, 0.4) is 0 Å². The number of aromatic nitrogens is 1. The van der Waals surface area contributed by atoms with Gasteiger partial charge in [0.15, 0.2) is 12.2 Å². The van der Waals surface area contributed by atoms with E-state index < -0.39 is 5.97 Å². The normalized spacial score (nSPS) is 11.1. The Hall–Kier alpha value is -3.86. The summed E-state index contributed by atoms with van der Waals surface area (Å²) in [5.74, 6) is 0.0247. The smallest absolute Gasteiger partial charge is 0.341 e. The molecule has 1 heterocycles. The van der Waals surface area contributed by atoms with Crippen LogP contribution in [0.1, 0.15) is 11.5 Å². The summed E-state index contributed by atoms with van der Waals surface area (Å²) < 4.78 is 10.9. The highest BCUT2D eigenvalue weighted by molar-refractivity contribution is 5.82. The predicted molar refractivity (Wildman–Crippen MR) is 108 cm³/mol. The van der Waals surface area contributed by atoms with E-state index in [0.717, 1.165) is 27.8 Å². The molecule has 4 aromatic rings. The number of carboxylic acid groups (broad SMARTS) is 1. The number of aliphatic carboxylic acids is 1. The largest absolute Gasteiger partial charge is 0.482 e. The molecule has 0 saturated heterocycles. The fraction of sp³-hybridized carbons (Fsp3) is 0.0435. The summed E-state index contributed by atoms with van der Waals surface area (Å²) in [6.45, 7) is -0.358. The topological polar surface area (TPSA) is 72.6 Å². The highest BCUT2D eigenvalue weighted by Gasteiger charge is 2.06. The van der Waals surface area contributed by atoms with Crippen LogP contribution in [-0.4, -0.2) is 22.7 Å². The monoisotopic (exact) mass is 371 g/mol. The molecule has 0 aliphatic heterocycles. The maximum Gasteiger partial charge on any atom is 0.341 e. The minimum absolute atomic E-state index is 0.358. The maximum absolute atomic E-state index is 10.5. The summed E-state index contributed by atoms with van der Waals surface area (Å²) in [6, 6.07) is 23.2. The number of hydrogen-bond donors (Lipinski definition) is 1. The van der Waals surface area contributed by atoms with Gasteiger partial charge in [0.25, 0.3) is 0 Å². The molecule has 0 spiro atoms. The Balaban J connectivity index is 1.50. The van der Waals surface area contributed by atoms with Crippen molar-refractivity contribution in [3.05, 3.63) is 84.3 Å². The van der Waals surface area contributed by atoms with Crippen molar-refractivity contribution >= 4 is 29.2 Å². The van der Waals surface area contributed by atoms with E-state index in [9.17, 15) is 4.79 Å². The van der Waals surface area contributed by atoms with Crippen molar-refractivity contribution in [3.8, 4) is 16.9 Å². The Morgan fingerprint density at radius 2 is 1.75 bits per heavy atom. The van der Waals surface area contributed by atoms with Gasteiger partial charge < -0.3 is 14.3 Å². The van der Waals surface area contributed by atoms with E-state index >= 15 is 0 Å². The van der Waals surface area contributed by atoms with Crippen molar-refractivity contribution in [1.82, 2.24) is 4.98 Å². The molecule has 0 amide bonds. The zero-order chi connectivity index (χ0) is 19.3. The van der Waals surface area contributed by atoms with E-state index in [2.05, 4.69) is 17.1 Å². The average Bonchev–Trinajstić information content (AvgIpc) is 3.14. The first kappa shape index (κ1) is 17.5. The van der Waals surface area contributed by atoms with Crippen molar-refractivity contribution in [2.45, 2.75) is 0 Å². The summed E-state index contributed by atoms with van der Waals surface area (Å²) in [5.41, 5.74) is 4.69. The van der Waals surface area contributed by atoms with Crippen LogP contribution in [0.15, 0.2) is 77.2 Å². The second kappa shape index (κ2) is 7.80. The number of hydrogen-bond acceptors (Lipinski definition) is 4. The lowest BCUT2D eigenvalue weighted by atomic mass is 10.1.